The number of hydrogen-bond acceptors (Lipinski definition) is 5. The molecule has 80 valence electrons. The van der Waals surface area contributed by atoms with E-state index in [4.69, 9.17) is 10.3 Å². The molecule has 0 saturated heterocycles. The second kappa shape index (κ2) is 5.52. The molecule has 0 spiro atoms. The topological polar surface area (TPSA) is 122 Å². The second-order valence-corrected chi connectivity index (χ2v) is 4.42. The number of carbonyl (C=O) groups excluding carboxylic acids is 1. The largest absolute Gasteiger partial charge is 0.351 e. The van der Waals surface area contributed by atoms with Gasteiger partial charge in [-0.15, -0.1) is 11.3 Å². The zero-order valence-electron chi connectivity index (χ0n) is 7.17. The molecule has 2 amide bonds. The lowest BCUT2D eigenvalue weighted by atomic mass is 10.9. The first-order valence-corrected chi connectivity index (χ1v) is 5.90. The Bertz CT molecular complexity index is 364. The van der Waals surface area contributed by atoms with Crippen LogP contribution in [-0.2, 0) is 10.1 Å². The Morgan fingerprint density at radius 1 is 1.71 bits per heavy atom. The van der Waals surface area contributed by atoms with Gasteiger partial charge in [0.15, 0.2) is 5.13 Å². The molecule has 0 aliphatic heterocycles. The van der Waals surface area contributed by atoms with E-state index in [1.54, 1.807) is 11.6 Å². The first-order valence-electron chi connectivity index (χ1n) is 3.17. The lowest BCUT2D eigenvalue weighted by Crippen LogP contribution is -2.18. The van der Waals surface area contributed by atoms with Crippen LogP contribution < -0.4 is 11.1 Å². The fraction of sp³-hybridized carbons (Fsp3) is 0.200. The van der Waals surface area contributed by atoms with Crippen molar-refractivity contribution in [3.05, 3.63) is 11.6 Å². The Balaban J connectivity index is 0.000000292. The molecule has 4 N–H and O–H groups in total. The van der Waals surface area contributed by atoms with Crippen LogP contribution in [0.2, 0.25) is 0 Å². The quantitative estimate of drug-likeness (QED) is 0.601. The number of anilines is 1. The number of thiazole rings is 1. The number of hydrogen-bond donors (Lipinski definition) is 3. The van der Waals surface area contributed by atoms with Gasteiger partial charge in [0.2, 0.25) is 0 Å². The highest BCUT2D eigenvalue weighted by atomic mass is 32.2. The summed E-state index contributed by atoms with van der Waals surface area (Å²) in [6, 6.07) is -0.579. The summed E-state index contributed by atoms with van der Waals surface area (Å²) in [4.78, 5) is 13.9. The van der Waals surface area contributed by atoms with Crippen LogP contribution in [0.1, 0.15) is 0 Å². The number of nitrogens with two attached hydrogens (primary N) is 1. The Morgan fingerprint density at radius 3 is 2.50 bits per heavy atom. The number of carbonyl (C=O) groups is 1. The molecule has 14 heavy (non-hydrogen) atoms. The predicted octanol–water partition coefficient (Wildman–Crippen LogP) is 0.138. The average molecular weight is 239 g/mol. The van der Waals surface area contributed by atoms with Gasteiger partial charge in [0.05, 0.1) is 6.26 Å². The van der Waals surface area contributed by atoms with Crippen molar-refractivity contribution in [2.24, 2.45) is 5.73 Å². The highest BCUT2D eigenvalue weighted by Crippen LogP contribution is 2.08. The monoisotopic (exact) mass is 239 g/mol. The van der Waals surface area contributed by atoms with Gasteiger partial charge in [0.1, 0.15) is 0 Å². The maximum atomic E-state index is 10.1. The van der Waals surface area contributed by atoms with Gasteiger partial charge in [0.25, 0.3) is 10.1 Å². The third-order valence-corrected chi connectivity index (χ3v) is 1.35. The molecule has 1 rings (SSSR count). The van der Waals surface area contributed by atoms with E-state index in [0.717, 1.165) is 0 Å². The van der Waals surface area contributed by atoms with E-state index in [1.807, 2.05) is 0 Å². The Kier molecular flexibility index (Phi) is 5.05. The van der Waals surface area contributed by atoms with E-state index in [9.17, 15) is 13.2 Å². The molecule has 1 aromatic rings. The van der Waals surface area contributed by atoms with Gasteiger partial charge in [-0.2, -0.15) is 8.42 Å². The second-order valence-electron chi connectivity index (χ2n) is 2.06. The zero-order chi connectivity index (χ0) is 11.2. The molecule has 0 saturated carbocycles. The molecular formula is C5H9N3O4S2. The van der Waals surface area contributed by atoms with E-state index in [1.165, 1.54) is 11.3 Å². The molecule has 0 atom stereocenters. The van der Waals surface area contributed by atoms with Crippen molar-refractivity contribution in [2.45, 2.75) is 0 Å². The van der Waals surface area contributed by atoms with Crippen molar-refractivity contribution in [1.82, 2.24) is 4.98 Å². The zero-order valence-corrected chi connectivity index (χ0v) is 8.80. The molecule has 0 radical (unpaired) electrons. The van der Waals surface area contributed by atoms with Gasteiger partial charge < -0.3 is 5.73 Å². The van der Waals surface area contributed by atoms with Gasteiger partial charge in [0, 0.05) is 11.6 Å². The molecule has 0 fully saturated rings. The first kappa shape index (κ1) is 12.8. The maximum Gasteiger partial charge on any atom is 0.318 e. The van der Waals surface area contributed by atoms with Crippen LogP contribution in [0, 0.1) is 0 Å². The molecule has 1 aromatic heterocycles. The van der Waals surface area contributed by atoms with Crippen molar-refractivity contribution in [1.29, 1.82) is 0 Å². The highest BCUT2D eigenvalue weighted by Gasteiger charge is 1.94. The number of primary amides is 1. The summed E-state index contributed by atoms with van der Waals surface area (Å²) in [7, 11) is -3.67. The molecular weight excluding hydrogens is 230 g/mol. The standard InChI is InChI=1S/C4H5N3OS.CH4O3S/c5-3(8)7-4-6-1-2-9-4;1-5(2,3)4/h1-2H,(H3,5,6,7,8);1H3,(H,2,3,4). The Hall–Kier alpha value is -1.19. The van der Waals surface area contributed by atoms with Gasteiger partial charge >= 0.3 is 6.03 Å². The van der Waals surface area contributed by atoms with Crippen LogP contribution in [0.3, 0.4) is 0 Å². The van der Waals surface area contributed by atoms with Crippen molar-refractivity contribution in [3.63, 3.8) is 0 Å². The van der Waals surface area contributed by atoms with E-state index in [0.29, 0.717) is 11.4 Å². The maximum absolute atomic E-state index is 10.1. The minimum Gasteiger partial charge on any atom is -0.351 e. The summed E-state index contributed by atoms with van der Waals surface area (Å²) >= 11 is 1.33. The molecule has 0 aliphatic rings. The van der Waals surface area contributed by atoms with E-state index in [2.05, 4.69) is 10.3 Å². The third-order valence-electron chi connectivity index (χ3n) is 0.662. The van der Waals surface area contributed by atoms with E-state index in [-0.39, 0.29) is 0 Å². The lowest BCUT2D eigenvalue weighted by Gasteiger charge is -1.90. The summed E-state index contributed by atoms with van der Waals surface area (Å²) in [5.74, 6) is 0. The van der Waals surface area contributed by atoms with Gasteiger partial charge in [-0.1, -0.05) is 0 Å². The summed E-state index contributed by atoms with van der Waals surface area (Å²) in [6.45, 7) is 0. The molecule has 9 heteroatoms. The molecule has 0 unspecified atom stereocenters. The number of urea groups is 1. The summed E-state index contributed by atoms with van der Waals surface area (Å²) in [5, 5.41) is 4.62. The summed E-state index contributed by atoms with van der Waals surface area (Å²) < 4.78 is 25.9. The molecule has 0 aliphatic carbocycles. The van der Waals surface area contributed by atoms with Crippen LogP contribution in [0.15, 0.2) is 11.6 Å². The predicted molar refractivity (Wildman–Crippen MR) is 52.8 cm³/mol. The van der Waals surface area contributed by atoms with Crippen LogP contribution in [0.5, 0.6) is 0 Å². The fourth-order valence-corrected chi connectivity index (χ4v) is 0.922. The van der Waals surface area contributed by atoms with Crippen LogP contribution >= 0.6 is 11.3 Å². The average Bonchev–Trinajstić information content (AvgIpc) is 2.33. The van der Waals surface area contributed by atoms with E-state index >= 15 is 0 Å². The smallest absolute Gasteiger partial charge is 0.318 e. The van der Waals surface area contributed by atoms with Crippen molar-refractivity contribution in [2.75, 3.05) is 11.6 Å². The van der Waals surface area contributed by atoms with Crippen LogP contribution in [-0.4, -0.2) is 30.2 Å². The molecule has 0 aromatic carbocycles. The Morgan fingerprint density at radius 2 is 2.21 bits per heavy atom. The van der Waals surface area contributed by atoms with Crippen molar-refractivity contribution in [3.8, 4) is 0 Å². The minimum absolute atomic E-state index is 0.530. The normalized spacial score (nSPS) is 9.86. The summed E-state index contributed by atoms with van der Waals surface area (Å²) in [6.07, 6.45) is 2.31. The minimum atomic E-state index is -3.67. The fourth-order valence-electron chi connectivity index (χ4n) is 0.391. The van der Waals surface area contributed by atoms with Gasteiger partial charge in [-0.05, 0) is 0 Å². The highest BCUT2D eigenvalue weighted by molar-refractivity contribution is 7.85. The number of amides is 2. The van der Waals surface area contributed by atoms with Crippen LogP contribution in [0.4, 0.5) is 9.93 Å². The number of nitrogens with zero attached hydrogens (tertiary/aromatic N) is 1. The van der Waals surface area contributed by atoms with Crippen LogP contribution in [0.25, 0.3) is 0 Å². The Labute approximate surface area is 84.7 Å². The van der Waals surface area contributed by atoms with Gasteiger partial charge in [-0.25, -0.2) is 9.78 Å². The molecule has 1 heterocycles. The SMILES string of the molecule is CS(=O)(=O)O.NC(=O)Nc1nccs1. The van der Waals surface area contributed by atoms with Gasteiger partial charge in [-0.3, -0.25) is 9.87 Å². The number of aromatic nitrogens is 1. The lowest BCUT2D eigenvalue weighted by molar-refractivity contribution is 0.259. The third kappa shape index (κ3) is 10.8. The van der Waals surface area contributed by atoms with Crippen molar-refractivity contribution >= 4 is 32.6 Å². The molecule has 7 nitrogen and oxygen atoms in total. The van der Waals surface area contributed by atoms with E-state index < -0.39 is 16.1 Å². The molecule has 0 bridgehead atoms. The number of nitrogens with one attached hydrogen (secondary N) is 1. The number of rotatable bonds is 1. The van der Waals surface area contributed by atoms with Crippen molar-refractivity contribution < 1.29 is 17.8 Å². The summed E-state index contributed by atoms with van der Waals surface area (Å²) in [5.41, 5.74) is 4.80. The first-order chi connectivity index (χ1) is 6.29.